The number of hydrogen-bond donors (Lipinski definition) is 1. The van der Waals surface area contributed by atoms with Crippen molar-refractivity contribution >= 4 is 17.5 Å². The average molecular weight is 338 g/mol. The normalized spacial score (nSPS) is 22.5. The van der Waals surface area contributed by atoms with Crippen molar-refractivity contribution in [3.63, 3.8) is 0 Å². The van der Waals surface area contributed by atoms with Crippen LogP contribution in [0.25, 0.3) is 0 Å². The molecule has 23 heavy (non-hydrogen) atoms. The van der Waals surface area contributed by atoms with Crippen LogP contribution in [0.3, 0.4) is 0 Å². The van der Waals surface area contributed by atoms with Gasteiger partial charge in [0.25, 0.3) is 5.91 Å². The van der Waals surface area contributed by atoms with Crippen LogP contribution in [0.15, 0.2) is 35.6 Å². The Hall–Kier alpha value is -1.76. The molecule has 1 fully saturated rings. The van der Waals surface area contributed by atoms with Crippen LogP contribution in [0.1, 0.15) is 5.56 Å². The SMILES string of the molecule is COc1ccc(CN2C=C(Cl)NC(N3CCOCC3)C2=O)cc1. The Balaban J connectivity index is 1.72. The Morgan fingerprint density at radius 3 is 2.65 bits per heavy atom. The first-order valence-electron chi connectivity index (χ1n) is 7.56. The van der Waals surface area contributed by atoms with Gasteiger partial charge in [-0.05, 0) is 17.7 Å². The molecule has 1 aromatic rings. The number of halogens is 1. The van der Waals surface area contributed by atoms with Gasteiger partial charge in [0.15, 0.2) is 6.17 Å². The predicted octanol–water partition coefficient (Wildman–Crippen LogP) is 1.32. The van der Waals surface area contributed by atoms with Gasteiger partial charge in [0.2, 0.25) is 0 Å². The van der Waals surface area contributed by atoms with Gasteiger partial charge in [-0.25, -0.2) is 0 Å². The number of benzene rings is 1. The van der Waals surface area contributed by atoms with Gasteiger partial charge in [-0.3, -0.25) is 9.69 Å². The number of amides is 1. The summed E-state index contributed by atoms with van der Waals surface area (Å²) < 4.78 is 10.5. The maximum Gasteiger partial charge on any atom is 0.264 e. The zero-order chi connectivity index (χ0) is 16.2. The van der Waals surface area contributed by atoms with E-state index in [1.54, 1.807) is 18.2 Å². The molecule has 6 nitrogen and oxygen atoms in total. The van der Waals surface area contributed by atoms with E-state index in [1.165, 1.54) is 0 Å². The van der Waals surface area contributed by atoms with Crippen LogP contribution in [-0.2, 0) is 16.1 Å². The Morgan fingerprint density at radius 1 is 1.30 bits per heavy atom. The van der Waals surface area contributed by atoms with Crippen LogP contribution >= 0.6 is 11.6 Å². The van der Waals surface area contributed by atoms with E-state index in [1.807, 2.05) is 24.3 Å². The molecule has 0 radical (unpaired) electrons. The van der Waals surface area contributed by atoms with Crippen molar-refractivity contribution in [1.82, 2.24) is 15.1 Å². The molecule has 0 spiro atoms. The maximum absolute atomic E-state index is 12.8. The fourth-order valence-corrected chi connectivity index (χ4v) is 2.94. The van der Waals surface area contributed by atoms with E-state index in [2.05, 4.69) is 10.2 Å². The molecule has 1 atom stereocenters. The molecule has 0 aromatic heterocycles. The minimum Gasteiger partial charge on any atom is -0.497 e. The lowest BCUT2D eigenvalue weighted by Gasteiger charge is -2.38. The minimum atomic E-state index is -0.436. The fourth-order valence-electron chi connectivity index (χ4n) is 2.72. The highest BCUT2D eigenvalue weighted by Gasteiger charge is 2.33. The second-order valence-electron chi connectivity index (χ2n) is 5.49. The number of carbonyl (C=O) groups excluding carboxylic acids is 1. The molecule has 2 heterocycles. The van der Waals surface area contributed by atoms with Crippen molar-refractivity contribution < 1.29 is 14.3 Å². The minimum absolute atomic E-state index is 0.00730. The molecule has 124 valence electrons. The molecule has 0 saturated carbocycles. The highest BCUT2D eigenvalue weighted by Crippen LogP contribution is 2.19. The lowest BCUT2D eigenvalue weighted by molar-refractivity contribution is -0.138. The first-order chi connectivity index (χ1) is 11.2. The second kappa shape index (κ2) is 7.21. The Morgan fingerprint density at radius 2 is 2.00 bits per heavy atom. The van der Waals surface area contributed by atoms with Crippen LogP contribution in [0.5, 0.6) is 5.75 Å². The molecule has 1 unspecified atom stereocenters. The highest BCUT2D eigenvalue weighted by atomic mass is 35.5. The van der Waals surface area contributed by atoms with E-state index in [-0.39, 0.29) is 5.91 Å². The summed E-state index contributed by atoms with van der Waals surface area (Å²) in [5.41, 5.74) is 1.02. The Bertz CT molecular complexity index is 585. The molecule has 1 amide bonds. The fraction of sp³-hybridized carbons (Fsp3) is 0.438. The van der Waals surface area contributed by atoms with E-state index < -0.39 is 6.17 Å². The molecule has 1 saturated heterocycles. The quantitative estimate of drug-likeness (QED) is 0.840. The monoisotopic (exact) mass is 337 g/mol. The summed E-state index contributed by atoms with van der Waals surface area (Å²) >= 11 is 6.18. The van der Waals surface area contributed by atoms with Crippen molar-refractivity contribution in [2.24, 2.45) is 0 Å². The summed E-state index contributed by atoms with van der Waals surface area (Å²) in [5, 5.41) is 3.52. The lowest BCUT2D eigenvalue weighted by Crippen LogP contribution is -2.59. The van der Waals surface area contributed by atoms with E-state index in [0.29, 0.717) is 38.0 Å². The highest BCUT2D eigenvalue weighted by molar-refractivity contribution is 6.29. The van der Waals surface area contributed by atoms with Crippen molar-refractivity contribution in [1.29, 1.82) is 0 Å². The molecular formula is C16H20ClN3O3. The molecule has 1 aromatic carbocycles. The van der Waals surface area contributed by atoms with Gasteiger partial charge in [0.05, 0.1) is 26.9 Å². The molecule has 3 rings (SSSR count). The molecular weight excluding hydrogens is 318 g/mol. The van der Waals surface area contributed by atoms with E-state index >= 15 is 0 Å². The van der Waals surface area contributed by atoms with Crippen molar-refractivity contribution in [3.8, 4) is 5.75 Å². The largest absolute Gasteiger partial charge is 0.497 e. The summed E-state index contributed by atoms with van der Waals surface area (Å²) in [7, 11) is 1.63. The van der Waals surface area contributed by atoms with Gasteiger partial charge in [-0.15, -0.1) is 0 Å². The van der Waals surface area contributed by atoms with E-state index in [0.717, 1.165) is 11.3 Å². The lowest BCUT2D eigenvalue weighted by atomic mass is 10.2. The average Bonchev–Trinajstić information content (AvgIpc) is 2.59. The molecule has 0 aliphatic carbocycles. The second-order valence-corrected chi connectivity index (χ2v) is 5.89. The van der Waals surface area contributed by atoms with Crippen LogP contribution in [0.2, 0.25) is 0 Å². The summed E-state index contributed by atoms with van der Waals surface area (Å²) in [6, 6.07) is 7.65. The first-order valence-corrected chi connectivity index (χ1v) is 7.94. The van der Waals surface area contributed by atoms with Crippen molar-refractivity contribution in [2.75, 3.05) is 33.4 Å². The third-order valence-electron chi connectivity index (χ3n) is 3.98. The first kappa shape index (κ1) is 16.1. The number of carbonyl (C=O) groups is 1. The van der Waals surface area contributed by atoms with Gasteiger partial charge in [0.1, 0.15) is 10.9 Å². The van der Waals surface area contributed by atoms with Crippen molar-refractivity contribution in [2.45, 2.75) is 12.7 Å². The molecule has 0 bridgehead atoms. The Labute approximate surface area is 140 Å². The number of morpholine rings is 1. The van der Waals surface area contributed by atoms with Gasteiger partial charge in [0, 0.05) is 19.3 Å². The summed E-state index contributed by atoms with van der Waals surface area (Å²) in [5.74, 6) is 0.785. The number of methoxy groups -OCH3 is 1. The van der Waals surface area contributed by atoms with Crippen LogP contribution < -0.4 is 10.1 Å². The summed E-state index contributed by atoms with van der Waals surface area (Å²) in [6.07, 6.45) is 1.21. The molecule has 1 N–H and O–H groups in total. The molecule has 2 aliphatic rings. The zero-order valence-corrected chi connectivity index (χ0v) is 13.8. The number of ether oxygens (including phenoxy) is 2. The van der Waals surface area contributed by atoms with Gasteiger partial charge < -0.3 is 19.7 Å². The van der Waals surface area contributed by atoms with Crippen LogP contribution in [-0.4, -0.2) is 55.3 Å². The number of hydrogen-bond acceptors (Lipinski definition) is 5. The number of nitrogens with one attached hydrogen (secondary N) is 1. The van der Waals surface area contributed by atoms with Crippen molar-refractivity contribution in [3.05, 3.63) is 41.2 Å². The third kappa shape index (κ3) is 3.77. The van der Waals surface area contributed by atoms with Crippen LogP contribution in [0, 0.1) is 0 Å². The van der Waals surface area contributed by atoms with E-state index in [9.17, 15) is 4.79 Å². The van der Waals surface area contributed by atoms with Gasteiger partial charge in [-0.1, -0.05) is 23.7 Å². The number of nitrogens with zero attached hydrogens (tertiary/aromatic N) is 2. The molecule has 7 heteroatoms. The zero-order valence-electron chi connectivity index (χ0n) is 13.0. The third-order valence-corrected chi connectivity index (χ3v) is 4.19. The van der Waals surface area contributed by atoms with Gasteiger partial charge in [-0.2, -0.15) is 0 Å². The molecule has 2 aliphatic heterocycles. The Kier molecular flexibility index (Phi) is 5.05. The van der Waals surface area contributed by atoms with Gasteiger partial charge >= 0.3 is 0 Å². The topological polar surface area (TPSA) is 54.0 Å². The number of rotatable bonds is 4. The summed E-state index contributed by atoms with van der Waals surface area (Å²) in [6.45, 7) is 3.16. The predicted molar refractivity (Wildman–Crippen MR) is 86.8 cm³/mol. The standard InChI is InChI=1S/C16H20ClN3O3/c1-22-13-4-2-12(3-5-13)10-20-11-14(17)18-15(16(20)21)19-6-8-23-9-7-19/h2-5,11,15,18H,6-10H2,1H3. The smallest absolute Gasteiger partial charge is 0.264 e. The van der Waals surface area contributed by atoms with Crippen LogP contribution in [0.4, 0.5) is 0 Å². The summed E-state index contributed by atoms with van der Waals surface area (Å²) in [4.78, 5) is 16.5. The maximum atomic E-state index is 12.8. The van der Waals surface area contributed by atoms with E-state index in [4.69, 9.17) is 21.1 Å².